The first-order valence-electron chi connectivity index (χ1n) is 21.6. The highest BCUT2D eigenvalue weighted by atomic mass is 32.2. The van der Waals surface area contributed by atoms with Crippen molar-refractivity contribution in [3.63, 3.8) is 0 Å². The summed E-state index contributed by atoms with van der Waals surface area (Å²) in [6, 6.07) is 0. The van der Waals surface area contributed by atoms with E-state index in [-0.39, 0.29) is 19.4 Å². The summed E-state index contributed by atoms with van der Waals surface area (Å²) in [7, 11) is -4.59. The molecule has 13 heteroatoms. The maximum Gasteiger partial charge on any atom is 0.306 e. The van der Waals surface area contributed by atoms with Crippen LogP contribution in [-0.2, 0) is 38.7 Å². The van der Waals surface area contributed by atoms with Gasteiger partial charge in [-0.2, -0.15) is 8.42 Å². The maximum absolute atomic E-state index is 12.8. The summed E-state index contributed by atoms with van der Waals surface area (Å²) in [6.07, 6.45) is 21.5. The van der Waals surface area contributed by atoms with Gasteiger partial charge in [-0.25, -0.2) is 0 Å². The van der Waals surface area contributed by atoms with Crippen LogP contribution >= 0.6 is 0 Å². The van der Waals surface area contributed by atoms with Crippen LogP contribution in [0.15, 0.2) is 0 Å². The minimum Gasteiger partial charge on any atom is -0.462 e. The average Bonchev–Trinajstić information content (AvgIpc) is 3.13. The van der Waals surface area contributed by atoms with Gasteiger partial charge in [0.15, 0.2) is 12.4 Å². The molecule has 320 valence electrons. The smallest absolute Gasteiger partial charge is 0.306 e. The molecule has 54 heavy (non-hydrogen) atoms. The Morgan fingerprint density at radius 2 is 0.944 bits per heavy atom. The van der Waals surface area contributed by atoms with E-state index in [1.165, 1.54) is 116 Å². The molecule has 2 unspecified atom stereocenters. The molecule has 0 saturated carbocycles. The molecule has 0 bridgehead atoms. The van der Waals surface area contributed by atoms with Gasteiger partial charge >= 0.3 is 11.9 Å². The van der Waals surface area contributed by atoms with Crippen molar-refractivity contribution in [3.05, 3.63) is 0 Å². The molecule has 1 saturated heterocycles. The lowest BCUT2D eigenvalue weighted by Crippen LogP contribution is -2.60. The third-order valence-corrected chi connectivity index (χ3v) is 10.9. The molecule has 0 amide bonds. The van der Waals surface area contributed by atoms with Crippen molar-refractivity contribution in [1.29, 1.82) is 0 Å². The molecule has 1 aliphatic heterocycles. The predicted molar refractivity (Wildman–Crippen MR) is 211 cm³/mol. The molecular weight excluding hydrogens is 717 g/mol. The Morgan fingerprint density at radius 1 is 0.556 bits per heavy atom. The van der Waals surface area contributed by atoms with Gasteiger partial charge in [0.05, 0.1) is 6.61 Å². The van der Waals surface area contributed by atoms with Crippen molar-refractivity contribution < 1.29 is 56.8 Å². The van der Waals surface area contributed by atoms with Gasteiger partial charge in [0.1, 0.15) is 36.8 Å². The van der Waals surface area contributed by atoms with Crippen molar-refractivity contribution >= 4 is 22.1 Å². The largest absolute Gasteiger partial charge is 0.462 e. The first-order chi connectivity index (χ1) is 26.0. The Bertz CT molecular complexity index is 1030. The van der Waals surface area contributed by atoms with Gasteiger partial charge in [-0.3, -0.25) is 14.1 Å². The van der Waals surface area contributed by atoms with Gasteiger partial charge in [-0.1, -0.05) is 168 Å². The van der Waals surface area contributed by atoms with E-state index in [0.29, 0.717) is 12.8 Å². The lowest BCUT2D eigenvalue weighted by molar-refractivity contribution is -0.297. The Balaban J connectivity index is 2.46. The van der Waals surface area contributed by atoms with Crippen LogP contribution in [0.5, 0.6) is 0 Å². The number of hydrogen-bond acceptors (Lipinski definition) is 11. The maximum atomic E-state index is 12.8. The van der Waals surface area contributed by atoms with E-state index in [1.54, 1.807) is 0 Å². The molecule has 0 aliphatic carbocycles. The quantitative estimate of drug-likeness (QED) is 0.0272. The van der Waals surface area contributed by atoms with E-state index in [2.05, 4.69) is 13.8 Å². The molecule has 1 heterocycles. The van der Waals surface area contributed by atoms with E-state index >= 15 is 0 Å². The van der Waals surface area contributed by atoms with Crippen LogP contribution in [-0.4, -0.2) is 96.0 Å². The highest BCUT2D eigenvalue weighted by molar-refractivity contribution is 7.85. The van der Waals surface area contributed by atoms with Gasteiger partial charge in [0.25, 0.3) is 10.1 Å². The Hall–Kier alpha value is -1.35. The van der Waals surface area contributed by atoms with Crippen LogP contribution < -0.4 is 0 Å². The number of hydrogen-bond donors (Lipinski definition) is 4. The third-order valence-electron chi connectivity index (χ3n) is 10.2. The minimum absolute atomic E-state index is 0.172. The Morgan fingerprint density at radius 3 is 1.35 bits per heavy atom. The third kappa shape index (κ3) is 27.3. The van der Waals surface area contributed by atoms with Crippen molar-refractivity contribution in [1.82, 2.24) is 0 Å². The summed E-state index contributed by atoms with van der Waals surface area (Å²) in [4.78, 5) is 25.3. The molecule has 12 nitrogen and oxygen atoms in total. The summed E-state index contributed by atoms with van der Waals surface area (Å²) in [5, 5.41) is 30.8. The van der Waals surface area contributed by atoms with Crippen molar-refractivity contribution in [2.24, 2.45) is 0 Å². The second-order valence-corrected chi connectivity index (χ2v) is 16.9. The molecule has 0 spiro atoms. The molecule has 4 N–H and O–H groups in total. The van der Waals surface area contributed by atoms with Crippen LogP contribution in [0.2, 0.25) is 0 Å². The summed E-state index contributed by atoms with van der Waals surface area (Å²) >= 11 is 0. The number of aliphatic hydroxyl groups excluding tert-OH is 3. The molecule has 0 radical (unpaired) electrons. The SMILES string of the molecule is CCCCCCCCCCCCCCCCC(=O)O[C@H](COC(=O)CCCCCCCCCCCCCC)CO[C@H]1O[C@H](CS(=O)(=O)O)[C@@H](O)C(O)C1O. The zero-order valence-electron chi connectivity index (χ0n) is 33.8. The summed E-state index contributed by atoms with van der Waals surface area (Å²) in [5.74, 6) is -1.97. The minimum atomic E-state index is -4.59. The topological polar surface area (TPSA) is 186 Å². The van der Waals surface area contributed by atoms with Crippen molar-refractivity contribution in [2.75, 3.05) is 19.0 Å². The molecular formula is C41H78O12S. The number of rotatable bonds is 36. The lowest BCUT2D eigenvalue weighted by Gasteiger charge is -2.40. The number of carbonyl (C=O) groups is 2. The van der Waals surface area contributed by atoms with E-state index in [9.17, 15) is 37.9 Å². The van der Waals surface area contributed by atoms with Crippen LogP contribution in [0.1, 0.15) is 194 Å². The standard InChI is InChI=1S/C41H78O12S/c1-3-5-7-9-11-13-15-17-18-20-22-24-26-28-30-37(43)52-34(32-51-41-40(46)39(45)38(44)35(53-41)33-54(47,48)49)31-50-36(42)29-27-25-23-21-19-16-14-12-10-8-6-4-2/h34-35,38-41,44-46H,3-33H2,1-2H3,(H,47,48,49)/t34-,35-,38-,39?,40?,41+/m1/s1. The van der Waals surface area contributed by atoms with E-state index < -0.39 is 71.2 Å². The van der Waals surface area contributed by atoms with Crippen LogP contribution in [0, 0.1) is 0 Å². The monoisotopic (exact) mass is 795 g/mol. The molecule has 1 aliphatic rings. The second-order valence-electron chi connectivity index (χ2n) is 15.4. The highest BCUT2D eigenvalue weighted by Crippen LogP contribution is 2.24. The molecule has 1 fully saturated rings. The van der Waals surface area contributed by atoms with Gasteiger partial charge < -0.3 is 34.3 Å². The van der Waals surface area contributed by atoms with Gasteiger partial charge in [-0.15, -0.1) is 0 Å². The number of ether oxygens (including phenoxy) is 4. The molecule has 0 aromatic rings. The van der Waals surface area contributed by atoms with Gasteiger partial charge in [0, 0.05) is 12.8 Å². The fourth-order valence-corrected chi connectivity index (χ4v) is 7.49. The fraction of sp³-hybridized carbons (Fsp3) is 0.951. The number of esters is 2. The fourth-order valence-electron chi connectivity index (χ4n) is 6.79. The van der Waals surface area contributed by atoms with E-state index in [0.717, 1.165) is 38.5 Å². The first-order valence-corrected chi connectivity index (χ1v) is 23.2. The Kier molecular flexibility index (Phi) is 30.7. The molecule has 1 rings (SSSR count). The zero-order chi connectivity index (χ0) is 39.9. The van der Waals surface area contributed by atoms with Crippen LogP contribution in [0.4, 0.5) is 0 Å². The van der Waals surface area contributed by atoms with Gasteiger partial charge in [-0.05, 0) is 12.8 Å². The van der Waals surface area contributed by atoms with E-state index in [1.807, 2.05) is 0 Å². The average molecular weight is 795 g/mol. The normalized spacial score (nSPS) is 20.9. The summed E-state index contributed by atoms with van der Waals surface area (Å²) in [5.41, 5.74) is 0. The van der Waals surface area contributed by atoms with Gasteiger partial charge in [0.2, 0.25) is 0 Å². The predicted octanol–water partition coefficient (Wildman–Crippen LogP) is 8.12. The number of aliphatic hydroxyl groups is 3. The summed E-state index contributed by atoms with van der Waals surface area (Å²) < 4.78 is 53.9. The highest BCUT2D eigenvalue weighted by Gasteiger charge is 2.46. The van der Waals surface area contributed by atoms with Crippen molar-refractivity contribution in [3.8, 4) is 0 Å². The molecule has 6 atom stereocenters. The molecule has 0 aromatic heterocycles. The number of unbranched alkanes of at least 4 members (excludes halogenated alkanes) is 24. The molecule has 0 aromatic carbocycles. The Labute approximate surface area is 327 Å². The number of carbonyl (C=O) groups excluding carboxylic acids is 2. The van der Waals surface area contributed by atoms with E-state index in [4.69, 9.17) is 18.9 Å². The van der Waals surface area contributed by atoms with Crippen LogP contribution in [0.25, 0.3) is 0 Å². The summed E-state index contributed by atoms with van der Waals surface area (Å²) in [6.45, 7) is 3.76. The lowest BCUT2D eigenvalue weighted by atomic mass is 10.00. The van der Waals surface area contributed by atoms with Crippen molar-refractivity contribution in [2.45, 2.75) is 230 Å². The second kappa shape index (κ2) is 32.7. The zero-order valence-corrected chi connectivity index (χ0v) is 34.7. The first kappa shape index (κ1) is 50.7. The van der Waals surface area contributed by atoms with Crippen LogP contribution in [0.3, 0.4) is 0 Å².